The fourth-order valence-electron chi connectivity index (χ4n) is 3.42. The highest BCUT2D eigenvalue weighted by atomic mass is 16.4. The Morgan fingerprint density at radius 3 is 1.93 bits per heavy atom. The van der Waals surface area contributed by atoms with Crippen LogP contribution in [0.3, 0.4) is 0 Å². The molecule has 1 aliphatic rings. The third-order valence-electron chi connectivity index (χ3n) is 5.32. The van der Waals surface area contributed by atoms with Crippen molar-refractivity contribution in [2.24, 2.45) is 0 Å². The van der Waals surface area contributed by atoms with Gasteiger partial charge in [0, 0.05) is 6.42 Å². The fraction of sp³-hybridized carbons (Fsp3) is 0.773. The van der Waals surface area contributed by atoms with E-state index in [1.54, 1.807) is 5.32 Å². The first kappa shape index (κ1) is 24.5. The minimum absolute atomic E-state index is 0.0214. The number of hydrogen-bond donors (Lipinski definition) is 3. The number of amides is 2. The molecule has 0 aromatic carbocycles. The van der Waals surface area contributed by atoms with Crippen LogP contribution in [0, 0.1) is 0 Å². The van der Waals surface area contributed by atoms with Crippen molar-refractivity contribution in [2.45, 2.75) is 109 Å². The molecule has 160 valence electrons. The number of allylic oxidation sites excluding steroid dienone is 2. The van der Waals surface area contributed by atoms with Crippen molar-refractivity contribution in [1.29, 1.82) is 0 Å². The van der Waals surface area contributed by atoms with E-state index < -0.39 is 29.3 Å². The van der Waals surface area contributed by atoms with Crippen LogP contribution < -0.4 is 5.32 Å². The highest BCUT2D eigenvalue weighted by Crippen LogP contribution is 2.22. The van der Waals surface area contributed by atoms with Gasteiger partial charge < -0.3 is 10.2 Å². The molecule has 0 aromatic heterocycles. The summed E-state index contributed by atoms with van der Waals surface area (Å²) in [5.41, 5.74) is -2.61. The summed E-state index contributed by atoms with van der Waals surface area (Å²) < 4.78 is 0. The van der Waals surface area contributed by atoms with E-state index in [4.69, 9.17) is 0 Å². The number of aliphatic hydroxyl groups excluding tert-OH is 1. The van der Waals surface area contributed by atoms with Crippen LogP contribution in [0.1, 0.15) is 96.8 Å². The zero-order valence-corrected chi connectivity index (χ0v) is 17.3. The summed E-state index contributed by atoms with van der Waals surface area (Å²) in [6, 6.07) is 0. The molecule has 28 heavy (non-hydrogen) atoms. The van der Waals surface area contributed by atoms with E-state index in [1.807, 2.05) is 0 Å². The van der Waals surface area contributed by atoms with Gasteiger partial charge in [-0.1, -0.05) is 70.4 Å². The summed E-state index contributed by atoms with van der Waals surface area (Å²) in [5.74, 6) is -2.94. The number of imide groups is 1. The first-order valence-electron chi connectivity index (χ1n) is 10.9. The maximum atomic E-state index is 12.0. The van der Waals surface area contributed by atoms with Crippen molar-refractivity contribution in [3.8, 4) is 0 Å². The molecule has 1 rings (SSSR count). The number of unbranched alkanes of at least 4 members (excludes halogenated alkanes) is 11. The third-order valence-corrected chi connectivity index (χ3v) is 5.32. The monoisotopic (exact) mass is 395 g/mol. The first-order valence-corrected chi connectivity index (χ1v) is 10.9. The van der Waals surface area contributed by atoms with Crippen LogP contribution in [0.4, 0.5) is 0 Å². The zero-order valence-electron chi connectivity index (χ0n) is 17.3. The van der Waals surface area contributed by atoms with Gasteiger partial charge in [-0.05, 0) is 32.1 Å². The van der Waals surface area contributed by atoms with Crippen LogP contribution in [-0.2, 0) is 14.4 Å². The van der Waals surface area contributed by atoms with Crippen LogP contribution >= 0.6 is 0 Å². The molecule has 1 heterocycles. The second-order valence-electron chi connectivity index (χ2n) is 7.74. The smallest absolute Gasteiger partial charge is 0.269 e. The molecule has 1 aliphatic heterocycles. The minimum atomic E-state index is -2.61. The van der Waals surface area contributed by atoms with Gasteiger partial charge in [-0.25, -0.2) is 0 Å². The quantitative estimate of drug-likeness (QED) is 0.161. The molecule has 1 saturated heterocycles. The molecule has 0 aromatic rings. The number of ketones is 1. The second kappa shape index (κ2) is 13.6. The molecule has 6 heteroatoms. The Bertz CT molecular complexity index is 531. The molecule has 0 radical (unpaired) electrons. The first-order chi connectivity index (χ1) is 13.4. The molecule has 0 spiro atoms. The van der Waals surface area contributed by atoms with Gasteiger partial charge in [-0.2, -0.15) is 0 Å². The second-order valence-corrected chi connectivity index (χ2v) is 7.74. The fourth-order valence-corrected chi connectivity index (χ4v) is 3.42. The molecule has 0 aliphatic carbocycles. The number of hydrogen-bond acceptors (Lipinski definition) is 5. The van der Waals surface area contributed by atoms with Gasteiger partial charge in [0.1, 0.15) is 0 Å². The largest absolute Gasteiger partial charge is 0.379 e. The minimum Gasteiger partial charge on any atom is -0.379 e. The van der Waals surface area contributed by atoms with Crippen LogP contribution in [0.15, 0.2) is 12.2 Å². The van der Waals surface area contributed by atoms with Crippen molar-refractivity contribution in [1.82, 2.24) is 5.32 Å². The zero-order chi connectivity index (χ0) is 20.8. The summed E-state index contributed by atoms with van der Waals surface area (Å²) in [5, 5.41) is 21.4. The predicted octanol–water partition coefficient (Wildman–Crippen LogP) is 3.34. The maximum absolute atomic E-state index is 12.0. The number of Topliss-reactive ketones (excluding diaryl/α,β-unsaturated/α-hetero) is 1. The van der Waals surface area contributed by atoms with Gasteiger partial charge >= 0.3 is 0 Å². The molecule has 2 unspecified atom stereocenters. The molecule has 3 N–H and O–H groups in total. The molecular formula is C22H37NO5. The van der Waals surface area contributed by atoms with Crippen molar-refractivity contribution >= 4 is 17.6 Å². The van der Waals surface area contributed by atoms with Crippen molar-refractivity contribution in [3.05, 3.63) is 12.2 Å². The maximum Gasteiger partial charge on any atom is 0.269 e. The Kier molecular flexibility index (Phi) is 11.9. The Balaban J connectivity index is 1.99. The molecule has 6 nitrogen and oxygen atoms in total. The van der Waals surface area contributed by atoms with Crippen molar-refractivity contribution < 1.29 is 24.6 Å². The van der Waals surface area contributed by atoms with Crippen LogP contribution in [-0.4, -0.2) is 39.5 Å². The normalized spacial score (nSPS) is 22.2. The Hall–Kier alpha value is -1.53. The van der Waals surface area contributed by atoms with Crippen molar-refractivity contribution in [2.75, 3.05) is 0 Å². The highest BCUT2D eigenvalue weighted by molar-refractivity contribution is 6.22. The summed E-state index contributed by atoms with van der Waals surface area (Å²) >= 11 is 0. The lowest BCUT2D eigenvalue weighted by Crippen LogP contribution is -2.52. The molecule has 0 saturated carbocycles. The standard InChI is InChI=1S/C22H37NO5/c1-2-3-4-5-6-7-8-9-10-11-12-13-14-15-16-17-18(24)22(28)19(25)20(26)23-21(22)27/h9-10,19,25,28H,2-8,11-17H2,1H3,(H,23,26,27)/b10-9-. The van der Waals surface area contributed by atoms with E-state index in [-0.39, 0.29) is 6.42 Å². The van der Waals surface area contributed by atoms with Crippen LogP contribution in [0.5, 0.6) is 0 Å². The SMILES string of the molecule is CCCCCCCC/C=C\CCCCCCCC(=O)C1(O)C(=O)NC(=O)C1O. The summed E-state index contributed by atoms with van der Waals surface area (Å²) in [6.07, 6.45) is 17.2. The molecule has 1 fully saturated rings. The average Bonchev–Trinajstić information content (AvgIpc) is 2.88. The Labute approximate surface area is 168 Å². The van der Waals surface area contributed by atoms with Crippen LogP contribution in [0.25, 0.3) is 0 Å². The van der Waals surface area contributed by atoms with E-state index in [0.29, 0.717) is 6.42 Å². The topological polar surface area (TPSA) is 104 Å². The van der Waals surface area contributed by atoms with E-state index in [1.165, 1.54) is 44.9 Å². The molecule has 0 bridgehead atoms. The number of aliphatic hydroxyl groups is 2. The van der Waals surface area contributed by atoms with E-state index >= 15 is 0 Å². The average molecular weight is 396 g/mol. The van der Waals surface area contributed by atoms with Gasteiger partial charge in [-0.3, -0.25) is 19.7 Å². The van der Waals surface area contributed by atoms with E-state index in [9.17, 15) is 24.6 Å². The lowest BCUT2D eigenvalue weighted by atomic mass is 9.90. The molecule has 2 atom stereocenters. The Morgan fingerprint density at radius 1 is 0.929 bits per heavy atom. The van der Waals surface area contributed by atoms with Gasteiger partial charge in [0.15, 0.2) is 11.9 Å². The number of carbonyl (C=O) groups excluding carboxylic acids is 3. The van der Waals surface area contributed by atoms with E-state index in [2.05, 4.69) is 19.1 Å². The lowest BCUT2D eigenvalue weighted by molar-refractivity contribution is -0.159. The predicted molar refractivity (Wildman–Crippen MR) is 109 cm³/mol. The van der Waals surface area contributed by atoms with Gasteiger partial charge in [-0.15, -0.1) is 0 Å². The Morgan fingerprint density at radius 2 is 1.43 bits per heavy atom. The van der Waals surface area contributed by atoms with Gasteiger partial charge in [0.05, 0.1) is 0 Å². The molecule has 2 amide bonds. The summed E-state index contributed by atoms with van der Waals surface area (Å²) in [4.78, 5) is 34.8. The van der Waals surface area contributed by atoms with Crippen molar-refractivity contribution in [3.63, 3.8) is 0 Å². The number of rotatable bonds is 16. The molecular weight excluding hydrogens is 358 g/mol. The van der Waals surface area contributed by atoms with Crippen LogP contribution in [0.2, 0.25) is 0 Å². The van der Waals surface area contributed by atoms with Gasteiger partial charge in [0.2, 0.25) is 5.60 Å². The third kappa shape index (κ3) is 7.84. The van der Waals surface area contributed by atoms with Gasteiger partial charge in [0.25, 0.3) is 11.8 Å². The lowest BCUT2D eigenvalue weighted by Gasteiger charge is -2.20. The van der Waals surface area contributed by atoms with E-state index in [0.717, 1.165) is 32.1 Å². The summed E-state index contributed by atoms with van der Waals surface area (Å²) in [7, 11) is 0. The summed E-state index contributed by atoms with van der Waals surface area (Å²) in [6.45, 7) is 2.23. The highest BCUT2D eigenvalue weighted by Gasteiger charge is 2.58. The number of carbonyl (C=O) groups is 3. The number of nitrogens with one attached hydrogen (secondary N) is 1.